The fraction of sp³-hybridized carbons (Fsp3) is 0.842. The van der Waals surface area contributed by atoms with Crippen LogP contribution in [0.3, 0.4) is 0 Å². The van der Waals surface area contributed by atoms with Crippen molar-refractivity contribution in [3.05, 3.63) is 36.5 Å². The van der Waals surface area contributed by atoms with Crippen molar-refractivity contribution < 1.29 is 169 Å². The van der Waals surface area contributed by atoms with E-state index < -0.39 is 73.5 Å². The van der Waals surface area contributed by atoms with Gasteiger partial charge in [0, 0.05) is 19.3 Å². The van der Waals surface area contributed by atoms with E-state index in [9.17, 15) is 53.3 Å². The second-order valence-corrected chi connectivity index (χ2v) is 23.5. The number of rotatable bonds is 56. The van der Waals surface area contributed by atoms with Crippen molar-refractivity contribution in [3.63, 3.8) is 0 Å². The van der Waals surface area contributed by atoms with Gasteiger partial charge in [-0.15, -0.1) is 0 Å². The molecule has 24 heteroatoms. The Labute approximate surface area is 557 Å². The summed E-state index contributed by atoms with van der Waals surface area (Å²) >= 11 is 0. The first-order valence-electron chi connectivity index (χ1n) is 29.6. The van der Waals surface area contributed by atoms with Crippen molar-refractivity contribution in [2.24, 2.45) is 0 Å². The molecule has 0 saturated heterocycles. The topological polar surface area (TPSA) is 278 Å². The van der Waals surface area contributed by atoms with Gasteiger partial charge >= 0.3 is 107 Å². The summed E-state index contributed by atoms with van der Waals surface area (Å²) in [7, 11) is -14.3. The van der Waals surface area contributed by atoms with Crippen LogP contribution in [0.4, 0.5) is 0 Å². The summed E-state index contributed by atoms with van der Waals surface area (Å²) < 4.78 is 131. The van der Waals surface area contributed by atoms with Crippen molar-refractivity contribution in [3.8, 4) is 0 Å². The third-order valence-electron chi connectivity index (χ3n) is 13.0. The van der Waals surface area contributed by atoms with E-state index in [4.69, 9.17) is 26.8 Å². The maximum absolute atomic E-state index is 12.9. The summed E-state index contributed by atoms with van der Waals surface area (Å²) in [5.41, 5.74) is 0. The molecule has 4 unspecified atom stereocenters. The summed E-state index contributed by atoms with van der Waals surface area (Å²) in [5, 5.41) is 0. The molecule has 0 spiro atoms. The molecule has 0 aromatic heterocycles. The van der Waals surface area contributed by atoms with Gasteiger partial charge in [0.25, 0.3) is 0 Å². The van der Waals surface area contributed by atoms with Gasteiger partial charge in [-0.25, -0.2) is 25.3 Å². The average Bonchev–Trinajstić information content (AvgIpc) is 3.36. The fourth-order valence-corrected chi connectivity index (χ4v) is 10.2. The third kappa shape index (κ3) is 66.0. The quantitative estimate of drug-likeness (QED) is 0.0154. The van der Waals surface area contributed by atoms with Crippen molar-refractivity contribution >= 4 is 49.1 Å². The number of hydrogen-bond donors (Lipinski definition) is 0. The maximum Gasteiger partial charge on any atom is 1.00 e. The molecule has 458 valence electrons. The van der Waals surface area contributed by atoms with E-state index in [-0.39, 0.29) is 121 Å². The molecule has 0 aromatic carbocycles. The molecule has 0 aliphatic heterocycles. The molecule has 0 rings (SSSR count). The Kier molecular flexibility index (Phi) is 64.1. The van der Waals surface area contributed by atoms with Crippen LogP contribution in [0.1, 0.15) is 271 Å². The van der Waals surface area contributed by atoms with Gasteiger partial charge < -0.3 is 27.9 Å². The number of ether oxygens (including phenoxy) is 3. The molecule has 0 N–H and O–H groups in total. The van der Waals surface area contributed by atoms with E-state index >= 15 is 0 Å². The Morgan fingerprint density at radius 2 is 0.605 bits per heavy atom. The molecule has 0 radical (unpaired) electrons. The molecule has 0 aliphatic rings. The summed E-state index contributed by atoms with van der Waals surface area (Å²) in [6.07, 6.45) is 38.0. The van der Waals surface area contributed by atoms with Gasteiger partial charge in [0.1, 0.15) is 13.2 Å². The van der Waals surface area contributed by atoms with Crippen molar-refractivity contribution in [2.45, 2.75) is 296 Å². The van der Waals surface area contributed by atoms with Gasteiger partial charge in [0.05, 0.1) is 18.3 Å². The van der Waals surface area contributed by atoms with Gasteiger partial charge in [-0.2, -0.15) is 0 Å². The van der Waals surface area contributed by atoms with Crippen molar-refractivity contribution in [1.82, 2.24) is 0 Å². The molecule has 0 aliphatic carbocycles. The molecule has 0 aromatic rings. The first-order chi connectivity index (χ1) is 37.3. The molecule has 0 heterocycles. The minimum atomic E-state index is -4.77. The Balaban J connectivity index is -0.00000988. The van der Waals surface area contributed by atoms with Gasteiger partial charge in [-0.05, 0) is 96.3 Å². The number of unbranched alkanes of at least 4 members (excludes halogenated alkanes) is 24. The number of esters is 3. The summed E-state index contributed by atoms with van der Waals surface area (Å²) in [4.78, 5) is 38.3. The number of allylic oxidation sites excluding steroid dienone is 3. The molecule has 0 saturated carbocycles. The van der Waals surface area contributed by atoms with E-state index in [0.29, 0.717) is 57.8 Å². The fourth-order valence-electron chi connectivity index (χ4n) is 8.67. The molecular formula is C57H101Na3O18S3. The van der Waals surface area contributed by atoms with Crippen LogP contribution in [0.5, 0.6) is 0 Å². The minimum absolute atomic E-state index is 0. The van der Waals surface area contributed by atoms with E-state index in [2.05, 4.69) is 20.8 Å². The van der Waals surface area contributed by atoms with Crippen LogP contribution in [-0.2, 0) is 72.3 Å². The SMILES string of the molecule is CCCCCCC(CC=CCCCCCCCC(=O)OCC(COC(=O)CCCCCCC/C=C/CC(CCCCCC)OS(=O)(=O)[O-])OC(=O)CCCCCCC/C=C/CC(CCCCCC)OS(=O)(=O)[O-])OS(=O)(=O)[O-].[Na+].[Na+].[Na+]. The summed E-state index contributed by atoms with van der Waals surface area (Å²) in [6.45, 7) is 5.75. The second kappa shape index (κ2) is 59.2. The second-order valence-electron chi connectivity index (χ2n) is 20.4. The van der Waals surface area contributed by atoms with Crippen LogP contribution in [-0.4, -0.2) is 94.4 Å². The van der Waals surface area contributed by atoms with Crippen LogP contribution >= 0.6 is 0 Å². The van der Waals surface area contributed by atoms with Crippen LogP contribution in [0.25, 0.3) is 0 Å². The molecule has 0 bridgehead atoms. The predicted molar refractivity (Wildman–Crippen MR) is 300 cm³/mol. The first-order valence-corrected chi connectivity index (χ1v) is 33.6. The van der Waals surface area contributed by atoms with Crippen LogP contribution in [0, 0.1) is 0 Å². The number of hydrogen-bond acceptors (Lipinski definition) is 18. The molecule has 18 nitrogen and oxygen atoms in total. The van der Waals surface area contributed by atoms with Gasteiger partial charge in [0.2, 0.25) is 31.2 Å². The monoisotopic (exact) mass is 1240 g/mol. The van der Waals surface area contributed by atoms with E-state index in [1.54, 1.807) is 0 Å². The van der Waals surface area contributed by atoms with E-state index in [0.717, 1.165) is 173 Å². The largest absolute Gasteiger partial charge is 1.00 e. The summed E-state index contributed by atoms with van der Waals surface area (Å²) in [5.74, 6) is -1.37. The zero-order chi connectivity index (χ0) is 58.0. The van der Waals surface area contributed by atoms with Crippen LogP contribution in [0.15, 0.2) is 36.5 Å². The Bertz CT molecular complexity index is 1850. The summed E-state index contributed by atoms with van der Waals surface area (Å²) in [6, 6.07) is 0. The zero-order valence-corrected chi connectivity index (χ0v) is 59.3. The Morgan fingerprint density at radius 3 is 0.889 bits per heavy atom. The van der Waals surface area contributed by atoms with Crippen LogP contribution in [0.2, 0.25) is 0 Å². The van der Waals surface area contributed by atoms with Crippen molar-refractivity contribution in [1.29, 1.82) is 0 Å². The van der Waals surface area contributed by atoms with Gasteiger partial charge in [-0.1, -0.05) is 192 Å². The zero-order valence-electron chi connectivity index (χ0n) is 50.8. The standard InChI is InChI=1S/C57H104O18S3.3Na/c1-4-7-10-31-40-51(73-76(61,62)63)43-34-25-19-13-16-22-28-37-46-55(58)70-49-54(72-57(60)48-39-30-24-18-15-21-27-36-45-53(75-78(67,68)69)42-33-12-9-6-3)50-71-56(59)47-38-29-23-17-14-20-26-35-44-52(74-77(64,65)66)41-32-11-8-5-2;;;/h25-27,34-36,51-54H,4-24,28-33,37-50H2,1-3H3,(H,61,62,63)(H,64,65,66)(H,67,68,69);;;/q;3*+1/p-3/b34-25+,35-26?,36-27+;;;. The van der Waals surface area contributed by atoms with Gasteiger partial charge in [-0.3, -0.25) is 26.9 Å². The Hall–Kier alpha value is 0.240. The first kappa shape index (κ1) is 87.7. The minimum Gasteiger partial charge on any atom is -0.726 e. The average molecular weight is 1240 g/mol. The molecule has 81 heavy (non-hydrogen) atoms. The molecule has 0 amide bonds. The number of carbonyl (C=O) groups is 3. The maximum atomic E-state index is 12.9. The molecule has 4 atom stereocenters. The number of carbonyl (C=O) groups excluding carboxylic acids is 3. The van der Waals surface area contributed by atoms with Crippen LogP contribution < -0.4 is 88.7 Å². The Morgan fingerprint density at radius 1 is 0.346 bits per heavy atom. The normalized spacial score (nSPS) is 13.6. The molecule has 0 fully saturated rings. The van der Waals surface area contributed by atoms with Crippen molar-refractivity contribution in [2.75, 3.05) is 13.2 Å². The third-order valence-corrected chi connectivity index (χ3v) is 14.5. The van der Waals surface area contributed by atoms with E-state index in [1.807, 2.05) is 36.5 Å². The van der Waals surface area contributed by atoms with Gasteiger partial charge in [0.15, 0.2) is 6.10 Å². The van der Waals surface area contributed by atoms with E-state index in [1.165, 1.54) is 0 Å². The smallest absolute Gasteiger partial charge is 0.726 e. The molecular weight excluding hydrogens is 1140 g/mol. The predicted octanol–water partition coefficient (Wildman–Crippen LogP) is 4.48.